The summed E-state index contributed by atoms with van der Waals surface area (Å²) in [5.74, 6) is -6.28. The standard InChI is InChI=1S/C68H52F6N8O9/c1-85-29-45-31-87-35-61(45)81-59-21-39(13-15-57(59)77-63(81)23-43-19-53(73)47(25-51(43)71)55-5-3-7-65(79-55)89-33-41-11-9-37(27-75)17-49(41)69)67(83)91-68(84)40-14-16-58-60(22-40)82(62-36-88-32-46(62)30-86-2)64(78-58)24-44-20-54(74)48(26-52(44)72)56-6-4-8-66(80-56)90-34-42-12-10-38(28-76)18-50(42)70/h3-22,25-26,45-46,61-62H,23-24,29-36H2,1-2H3/t45-,46-,61+,62+/m0/s1. The van der Waals surface area contributed by atoms with Crippen LogP contribution in [0.4, 0.5) is 26.3 Å². The summed E-state index contributed by atoms with van der Waals surface area (Å²) in [5, 5.41) is 18.2. The van der Waals surface area contributed by atoms with Gasteiger partial charge < -0.3 is 42.3 Å². The van der Waals surface area contributed by atoms with Crippen LogP contribution in [0.25, 0.3) is 44.6 Å². The third kappa shape index (κ3) is 12.8. The number of rotatable bonds is 20. The largest absolute Gasteiger partial charge is 0.473 e. The first-order chi connectivity index (χ1) is 44.2. The van der Waals surface area contributed by atoms with E-state index in [1.54, 1.807) is 35.5 Å². The van der Waals surface area contributed by atoms with Crippen LogP contribution in [-0.2, 0) is 49.7 Å². The van der Waals surface area contributed by atoms with E-state index in [0.29, 0.717) is 46.9 Å². The molecule has 10 aromatic rings. The molecule has 0 saturated carbocycles. The van der Waals surface area contributed by atoms with Crippen molar-refractivity contribution in [2.45, 2.75) is 38.1 Å². The van der Waals surface area contributed by atoms with E-state index in [1.807, 2.05) is 12.1 Å². The highest BCUT2D eigenvalue weighted by atomic mass is 19.1. The smallest absolute Gasteiger partial charge is 0.346 e. The molecule has 17 nitrogen and oxygen atoms in total. The van der Waals surface area contributed by atoms with Gasteiger partial charge in [0.2, 0.25) is 11.8 Å². The van der Waals surface area contributed by atoms with Crippen molar-refractivity contribution in [1.82, 2.24) is 29.1 Å². The van der Waals surface area contributed by atoms with E-state index < -0.39 is 58.9 Å². The Morgan fingerprint density at radius 1 is 0.505 bits per heavy atom. The molecule has 2 fully saturated rings. The predicted molar refractivity (Wildman–Crippen MR) is 315 cm³/mol. The summed E-state index contributed by atoms with van der Waals surface area (Å²) in [5.41, 5.74) is 1.79. The first-order valence-corrected chi connectivity index (χ1v) is 28.6. The molecule has 2 saturated heterocycles. The number of pyridine rings is 2. The summed E-state index contributed by atoms with van der Waals surface area (Å²) in [6.07, 6.45) is -0.425. The predicted octanol–water partition coefficient (Wildman–Crippen LogP) is 12.1. The van der Waals surface area contributed by atoms with Gasteiger partial charge in [0.25, 0.3) is 0 Å². The van der Waals surface area contributed by atoms with Crippen molar-refractivity contribution >= 4 is 34.0 Å². The number of aromatic nitrogens is 6. The van der Waals surface area contributed by atoms with Gasteiger partial charge in [-0.05, 0) is 108 Å². The van der Waals surface area contributed by atoms with Gasteiger partial charge in [0.05, 0.1) is 120 Å². The molecule has 0 aliphatic carbocycles. The summed E-state index contributed by atoms with van der Waals surface area (Å²) in [6, 6.07) is 32.8. The number of esters is 2. The number of carbonyl (C=O) groups excluding carboxylic acids is 2. The van der Waals surface area contributed by atoms with Crippen LogP contribution in [0.2, 0.25) is 0 Å². The Bertz CT molecular complexity index is 4280. The minimum atomic E-state index is -1.02. The van der Waals surface area contributed by atoms with E-state index in [1.165, 1.54) is 84.9 Å². The lowest BCUT2D eigenvalue weighted by Gasteiger charge is -2.22. The first-order valence-electron chi connectivity index (χ1n) is 28.6. The number of halogens is 6. The molecule has 91 heavy (non-hydrogen) atoms. The topological polar surface area (TPSA) is 208 Å². The number of nitriles is 2. The maximum atomic E-state index is 16.3. The highest BCUT2D eigenvalue weighted by Gasteiger charge is 2.36. The highest BCUT2D eigenvalue weighted by molar-refractivity contribution is 6.05. The molecule has 0 amide bonds. The van der Waals surface area contributed by atoms with Gasteiger partial charge in [0, 0.05) is 73.3 Å². The molecule has 0 spiro atoms. The Morgan fingerprint density at radius 3 is 1.34 bits per heavy atom. The quantitative estimate of drug-likeness (QED) is 0.0395. The molecule has 4 aromatic heterocycles. The number of methoxy groups -OCH3 is 2. The van der Waals surface area contributed by atoms with Crippen molar-refractivity contribution in [3.05, 3.63) is 225 Å². The average molecular weight is 1240 g/mol. The van der Waals surface area contributed by atoms with E-state index >= 15 is 17.6 Å². The van der Waals surface area contributed by atoms with Gasteiger partial charge in [-0.25, -0.2) is 55.9 Å². The van der Waals surface area contributed by atoms with E-state index in [0.717, 1.165) is 36.4 Å². The maximum absolute atomic E-state index is 16.3. The van der Waals surface area contributed by atoms with Crippen LogP contribution in [0.5, 0.6) is 11.8 Å². The van der Waals surface area contributed by atoms with Crippen molar-refractivity contribution in [3.8, 4) is 46.4 Å². The van der Waals surface area contributed by atoms with E-state index in [9.17, 15) is 18.4 Å². The second-order valence-corrected chi connectivity index (χ2v) is 21.9. The van der Waals surface area contributed by atoms with Crippen LogP contribution in [0, 0.1) is 69.4 Å². The van der Waals surface area contributed by atoms with Gasteiger partial charge in [0.1, 0.15) is 59.8 Å². The molecule has 2 aliphatic rings. The van der Waals surface area contributed by atoms with Crippen LogP contribution in [0.1, 0.15) is 77.8 Å². The summed E-state index contributed by atoms with van der Waals surface area (Å²) in [4.78, 5) is 46.6. The summed E-state index contributed by atoms with van der Waals surface area (Å²) < 4.78 is 138. The molecule has 0 bridgehead atoms. The zero-order valence-electron chi connectivity index (χ0n) is 48.6. The molecule has 6 heterocycles. The van der Waals surface area contributed by atoms with Gasteiger partial charge in [-0.3, -0.25) is 0 Å². The number of ether oxygens (including phenoxy) is 7. The third-order valence-electron chi connectivity index (χ3n) is 16.0. The fourth-order valence-electron chi connectivity index (χ4n) is 11.5. The lowest BCUT2D eigenvalue weighted by Crippen LogP contribution is -2.23. The van der Waals surface area contributed by atoms with Crippen LogP contribution in [0.3, 0.4) is 0 Å². The van der Waals surface area contributed by atoms with Crippen molar-refractivity contribution in [3.63, 3.8) is 0 Å². The number of fused-ring (bicyclic) bond motifs is 2. The molecule has 0 radical (unpaired) electrons. The normalized spacial score (nSPS) is 16.3. The maximum Gasteiger partial charge on any atom is 0.346 e. The second-order valence-electron chi connectivity index (χ2n) is 21.9. The molecule has 12 rings (SSSR count). The van der Waals surface area contributed by atoms with Crippen LogP contribution in [-0.4, -0.2) is 94.9 Å². The van der Waals surface area contributed by atoms with Crippen molar-refractivity contribution in [2.24, 2.45) is 11.8 Å². The number of hydrogen-bond donors (Lipinski definition) is 0. The Balaban J connectivity index is 0.794. The van der Waals surface area contributed by atoms with Gasteiger partial charge in [-0.15, -0.1) is 0 Å². The van der Waals surface area contributed by atoms with Crippen LogP contribution >= 0.6 is 0 Å². The lowest BCUT2D eigenvalue weighted by atomic mass is 10.0. The average Bonchev–Trinajstić information content (AvgIpc) is 1.65. The number of imidazole rings is 2. The van der Waals surface area contributed by atoms with Crippen LogP contribution < -0.4 is 9.47 Å². The lowest BCUT2D eigenvalue weighted by molar-refractivity contribution is 0.0397. The minimum Gasteiger partial charge on any atom is -0.473 e. The summed E-state index contributed by atoms with van der Waals surface area (Å²) in [7, 11) is 3.09. The highest BCUT2D eigenvalue weighted by Crippen LogP contribution is 2.37. The van der Waals surface area contributed by atoms with E-state index in [4.69, 9.17) is 53.6 Å². The zero-order chi connectivity index (χ0) is 63.4. The second kappa shape index (κ2) is 26.4. The number of carbonyl (C=O) groups is 2. The molecule has 0 unspecified atom stereocenters. The fraction of sp³-hybridized carbons (Fsp3) is 0.235. The van der Waals surface area contributed by atoms with Crippen LogP contribution in [0.15, 0.2) is 133 Å². The van der Waals surface area contributed by atoms with Crippen molar-refractivity contribution in [1.29, 1.82) is 10.5 Å². The SMILES string of the molecule is COC[C@H]1COC[C@H]1n1c(Cc2cc(F)c(-c3cccc(OCc4ccc(C#N)cc4F)n3)cc2F)nc2ccc(C(=O)OC(=O)c3ccc4nc(Cc5cc(F)c(-c6cccc(OCc7ccc(C#N)cc7F)n6)cc5F)n([C@@H]5COC[C@@H]5COC)c4c3)cc21. The fourth-order valence-corrected chi connectivity index (χ4v) is 11.5. The Morgan fingerprint density at radius 2 is 0.934 bits per heavy atom. The molecule has 460 valence electrons. The number of hydrogen-bond acceptors (Lipinski definition) is 15. The Kier molecular flexibility index (Phi) is 17.7. The molecule has 23 heteroatoms. The van der Waals surface area contributed by atoms with Gasteiger partial charge in [-0.2, -0.15) is 10.5 Å². The van der Waals surface area contributed by atoms with Crippen molar-refractivity contribution < 1.29 is 69.1 Å². The first kappa shape index (κ1) is 61.0. The zero-order valence-corrected chi connectivity index (χ0v) is 48.6. The minimum absolute atomic E-state index is 0.0190. The molecule has 4 atom stereocenters. The molecule has 2 aliphatic heterocycles. The third-order valence-corrected chi connectivity index (χ3v) is 16.0. The monoisotopic (exact) mass is 1240 g/mol. The van der Waals surface area contributed by atoms with E-state index in [2.05, 4.69) is 9.97 Å². The molecular weight excluding hydrogens is 1190 g/mol. The van der Waals surface area contributed by atoms with Gasteiger partial charge >= 0.3 is 11.9 Å². The Hall–Kier alpha value is -10.3. The number of benzene rings is 6. The molecular formula is C68H52F6N8O9. The Labute approximate surface area is 515 Å². The van der Waals surface area contributed by atoms with Gasteiger partial charge in [0.15, 0.2) is 0 Å². The van der Waals surface area contributed by atoms with Crippen molar-refractivity contribution in [2.75, 3.05) is 53.9 Å². The molecule has 0 N–H and O–H groups in total. The summed E-state index contributed by atoms with van der Waals surface area (Å²) >= 11 is 0. The van der Waals surface area contributed by atoms with Gasteiger partial charge in [-0.1, -0.05) is 24.3 Å². The number of nitrogens with zero attached hydrogens (tertiary/aromatic N) is 8. The van der Waals surface area contributed by atoms with E-state index in [-0.39, 0.29) is 143 Å². The molecule has 6 aromatic carbocycles. The summed E-state index contributed by atoms with van der Waals surface area (Å²) in [6.45, 7) is 1.04.